The van der Waals surface area contributed by atoms with Crippen molar-refractivity contribution in [1.29, 1.82) is 0 Å². The van der Waals surface area contributed by atoms with Crippen molar-refractivity contribution in [3.63, 3.8) is 0 Å². The number of carbonyl (C=O) groups is 2. The molecule has 3 N–H and O–H groups in total. The lowest BCUT2D eigenvalue weighted by Gasteiger charge is -2.12. The maximum absolute atomic E-state index is 11.9. The first-order valence-corrected chi connectivity index (χ1v) is 16.4. The van der Waals surface area contributed by atoms with Gasteiger partial charge in [-0.2, -0.15) is 0 Å². The van der Waals surface area contributed by atoms with Crippen molar-refractivity contribution in [1.82, 2.24) is 0 Å². The minimum absolute atomic E-state index is 0.125. The number of aliphatic hydroxyl groups excluding tert-OH is 3. The maximum atomic E-state index is 11.9. The fraction of sp³-hybridized carbons (Fsp3) is 0.714. The van der Waals surface area contributed by atoms with Crippen molar-refractivity contribution in [2.45, 2.75) is 148 Å². The molecule has 0 spiro atoms. The van der Waals surface area contributed by atoms with Crippen LogP contribution < -0.4 is 0 Å². The summed E-state index contributed by atoms with van der Waals surface area (Å²) >= 11 is 0. The van der Waals surface area contributed by atoms with Crippen LogP contribution in [0.2, 0.25) is 0 Å². The molecule has 0 bridgehead atoms. The molecule has 7 heteroatoms. The number of aliphatic hydroxyl groups is 3. The molecule has 0 fully saturated rings. The molecule has 0 aliphatic rings. The molecule has 0 rings (SSSR count). The van der Waals surface area contributed by atoms with Crippen molar-refractivity contribution in [2.75, 3.05) is 13.2 Å². The monoisotopic (exact) mass is 592 g/mol. The van der Waals surface area contributed by atoms with Crippen LogP contribution in [0.25, 0.3) is 0 Å². The van der Waals surface area contributed by atoms with Crippen LogP contribution in [-0.2, 0) is 19.1 Å². The van der Waals surface area contributed by atoms with Gasteiger partial charge in [-0.3, -0.25) is 9.59 Å². The summed E-state index contributed by atoms with van der Waals surface area (Å²) in [4.78, 5) is 23.7. The quantitative estimate of drug-likeness (QED) is 0.0374. The van der Waals surface area contributed by atoms with E-state index in [1.54, 1.807) is 36.5 Å². The number of carbonyl (C=O) groups excluding carboxylic acids is 2. The Morgan fingerprint density at radius 3 is 1.69 bits per heavy atom. The topological polar surface area (TPSA) is 113 Å². The van der Waals surface area contributed by atoms with Crippen molar-refractivity contribution >= 4 is 11.9 Å². The molecule has 0 radical (unpaired) electrons. The summed E-state index contributed by atoms with van der Waals surface area (Å²) in [5.74, 6) is -0.805. The van der Waals surface area contributed by atoms with Gasteiger partial charge in [-0.1, -0.05) is 127 Å². The van der Waals surface area contributed by atoms with Gasteiger partial charge >= 0.3 is 11.9 Å². The van der Waals surface area contributed by atoms with E-state index in [2.05, 4.69) is 19.9 Å². The zero-order valence-corrected chi connectivity index (χ0v) is 26.5. The molecule has 0 saturated heterocycles. The molecule has 0 aromatic carbocycles. The Hall–Kier alpha value is -2.22. The molecule has 0 aromatic rings. The Labute approximate surface area is 255 Å². The van der Waals surface area contributed by atoms with E-state index in [1.165, 1.54) is 57.8 Å². The van der Waals surface area contributed by atoms with Gasteiger partial charge in [0, 0.05) is 12.8 Å². The summed E-state index contributed by atoms with van der Waals surface area (Å²) in [6.45, 7) is 3.98. The SMILES string of the molecule is CCCCC/C=C\C[C@@H](O)/C=C/C=C/C=C\[C@@H](O)CCCC(=O)OC[C@H](O)COC(=O)CCCCCCCCCCC. The highest BCUT2D eigenvalue weighted by Gasteiger charge is 2.12. The summed E-state index contributed by atoms with van der Waals surface area (Å²) < 4.78 is 10.1. The second-order valence-corrected chi connectivity index (χ2v) is 11.0. The van der Waals surface area contributed by atoms with Crippen LogP contribution in [0.4, 0.5) is 0 Å². The fourth-order valence-electron chi connectivity index (χ4n) is 4.16. The average Bonchev–Trinajstić information content (AvgIpc) is 2.97. The number of hydrogen-bond acceptors (Lipinski definition) is 7. The van der Waals surface area contributed by atoms with E-state index in [4.69, 9.17) is 9.47 Å². The smallest absolute Gasteiger partial charge is 0.305 e. The highest BCUT2D eigenvalue weighted by atomic mass is 16.6. The Balaban J connectivity index is 3.80. The lowest BCUT2D eigenvalue weighted by Crippen LogP contribution is -2.25. The van der Waals surface area contributed by atoms with Crippen LogP contribution in [0.5, 0.6) is 0 Å². The van der Waals surface area contributed by atoms with Gasteiger partial charge in [0.25, 0.3) is 0 Å². The van der Waals surface area contributed by atoms with Crippen LogP contribution in [0.1, 0.15) is 129 Å². The molecule has 0 amide bonds. The zero-order valence-electron chi connectivity index (χ0n) is 26.5. The normalized spacial score (nSPS) is 14.3. The summed E-state index contributed by atoms with van der Waals surface area (Å²) in [7, 11) is 0. The highest BCUT2D eigenvalue weighted by molar-refractivity contribution is 5.69. The molecular formula is C35H60O7. The largest absolute Gasteiger partial charge is 0.463 e. The second-order valence-electron chi connectivity index (χ2n) is 11.0. The number of hydrogen-bond donors (Lipinski definition) is 3. The third-order valence-electron chi connectivity index (χ3n) is 6.76. The molecule has 0 unspecified atom stereocenters. The fourth-order valence-corrected chi connectivity index (χ4v) is 4.16. The van der Waals surface area contributed by atoms with Gasteiger partial charge in [-0.25, -0.2) is 0 Å². The second kappa shape index (κ2) is 30.2. The van der Waals surface area contributed by atoms with Crippen LogP contribution in [0.15, 0.2) is 48.6 Å². The molecule has 242 valence electrons. The zero-order chi connectivity index (χ0) is 31.1. The van der Waals surface area contributed by atoms with Gasteiger partial charge in [0.2, 0.25) is 0 Å². The van der Waals surface area contributed by atoms with E-state index in [9.17, 15) is 24.9 Å². The van der Waals surface area contributed by atoms with Gasteiger partial charge in [0.1, 0.15) is 19.3 Å². The molecule has 0 aliphatic carbocycles. The first-order valence-electron chi connectivity index (χ1n) is 16.4. The number of ether oxygens (including phenoxy) is 2. The molecule has 0 aliphatic heterocycles. The number of esters is 2. The molecule has 0 heterocycles. The third-order valence-corrected chi connectivity index (χ3v) is 6.76. The Morgan fingerprint density at radius 2 is 1.10 bits per heavy atom. The molecule has 3 atom stereocenters. The lowest BCUT2D eigenvalue weighted by atomic mass is 10.1. The van der Waals surface area contributed by atoms with Gasteiger partial charge in [-0.05, 0) is 38.5 Å². The van der Waals surface area contributed by atoms with Crippen molar-refractivity contribution in [2.24, 2.45) is 0 Å². The molecule has 7 nitrogen and oxygen atoms in total. The lowest BCUT2D eigenvalue weighted by molar-refractivity contribution is -0.152. The minimum atomic E-state index is -1.05. The summed E-state index contributed by atoms with van der Waals surface area (Å²) in [6.07, 6.45) is 29.4. The van der Waals surface area contributed by atoms with E-state index < -0.39 is 24.3 Å². The van der Waals surface area contributed by atoms with Gasteiger partial charge in [0.15, 0.2) is 0 Å². The first-order chi connectivity index (χ1) is 20.4. The van der Waals surface area contributed by atoms with E-state index >= 15 is 0 Å². The van der Waals surface area contributed by atoms with Gasteiger partial charge in [-0.15, -0.1) is 0 Å². The van der Waals surface area contributed by atoms with Crippen LogP contribution in [-0.4, -0.2) is 58.8 Å². The number of unbranched alkanes of at least 4 members (excludes halogenated alkanes) is 11. The Kier molecular flexibility index (Phi) is 28.6. The summed E-state index contributed by atoms with van der Waals surface area (Å²) in [5.41, 5.74) is 0. The highest BCUT2D eigenvalue weighted by Crippen LogP contribution is 2.11. The Bertz CT molecular complexity index is 756. The van der Waals surface area contributed by atoms with Crippen molar-refractivity contribution in [3.8, 4) is 0 Å². The van der Waals surface area contributed by atoms with E-state index in [-0.39, 0.29) is 25.6 Å². The number of rotatable bonds is 28. The van der Waals surface area contributed by atoms with Crippen LogP contribution in [0.3, 0.4) is 0 Å². The summed E-state index contributed by atoms with van der Waals surface area (Å²) in [5, 5.41) is 29.9. The summed E-state index contributed by atoms with van der Waals surface area (Å²) in [6, 6.07) is 0. The average molecular weight is 593 g/mol. The van der Waals surface area contributed by atoms with Gasteiger partial charge < -0.3 is 24.8 Å². The Morgan fingerprint density at radius 1 is 0.595 bits per heavy atom. The molecular weight excluding hydrogens is 532 g/mol. The minimum Gasteiger partial charge on any atom is -0.463 e. The van der Waals surface area contributed by atoms with Crippen LogP contribution >= 0.6 is 0 Å². The van der Waals surface area contributed by atoms with Gasteiger partial charge in [0.05, 0.1) is 12.2 Å². The predicted octanol–water partition coefficient (Wildman–Crippen LogP) is 7.44. The van der Waals surface area contributed by atoms with Crippen LogP contribution in [0, 0.1) is 0 Å². The molecule has 0 saturated carbocycles. The third kappa shape index (κ3) is 29.3. The predicted molar refractivity (Wildman–Crippen MR) is 171 cm³/mol. The van der Waals surface area contributed by atoms with Crippen molar-refractivity contribution < 1.29 is 34.4 Å². The first kappa shape index (κ1) is 39.8. The number of allylic oxidation sites excluding steroid dienone is 5. The molecule has 42 heavy (non-hydrogen) atoms. The van der Waals surface area contributed by atoms with E-state index in [0.29, 0.717) is 25.7 Å². The maximum Gasteiger partial charge on any atom is 0.305 e. The molecule has 0 aromatic heterocycles. The van der Waals surface area contributed by atoms with E-state index in [1.807, 2.05) is 6.08 Å². The standard InChI is InChI=1S/C35H60O7/c1-3-5-7-9-11-12-13-15-21-27-34(39)41-29-33(38)30-42-35(40)28-22-26-32(37)25-20-17-16-19-24-31(36)23-18-14-10-8-6-4-2/h14,16-20,24-25,31-33,36-38H,3-13,15,21-23,26-30H2,1-2H3/b17-16+,18-14-,24-19+,25-20-/t31-,32-,33-/m1/s1. The van der Waals surface area contributed by atoms with E-state index in [0.717, 1.165) is 25.7 Å². The van der Waals surface area contributed by atoms with Crippen molar-refractivity contribution in [3.05, 3.63) is 48.6 Å².